The van der Waals surface area contributed by atoms with Crippen molar-refractivity contribution in [1.29, 1.82) is 0 Å². The number of aromatic nitrogens is 4. The van der Waals surface area contributed by atoms with Crippen LogP contribution in [-0.4, -0.2) is 43.6 Å². The maximum Gasteiger partial charge on any atom is 0.164 e. The van der Waals surface area contributed by atoms with Crippen LogP contribution in [0.5, 0.6) is 0 Å². The van der Waals surface area contributed by atoms with Crippen LogP contribution in [0.4, 0.5) is 5.82 Å². The van der Waals surface area contributed by atoms with Gasteiger partial charge in [-0.2, -0.15) is 0 Å². The van der Waals surface area contributed by atoms with Crippen molar-refractivity contribution in [2.75, 3.05) is 5.73 Å². The van der Waals surface area contributed by atoms with E-state index in [1.54, 1.807) is 0 Å². The van der Waals surface area contributed by atoms with E-state index in [-0.39, 0.29) is 24.5 Å². The first kappa shape index (κ1) is 20.8. The van der Waals surface area contributed by atoms with Gasteiger partial charge < -0.3 is 24.5 Å². The van der Waals surface area contributed by atoms with Crippen molar-refractivity contribution in [2.45, 2.75) is 57.0 Å². The Hall–Kier alpha value is -2.78. The summed E-state index contributed by atoms with van der Waals surface area (Å²) in [7, 11) is 0. The zero-order chi connectivity index (χ0) is 22.7. The van der Waals surface area contributed by atoms with Crippen LogP contribution >= 0.6 is 11.6 Å². The van der Waals surface area contributed by atoms with Gasteiger partial charge in [-0.25, -0.2) is 15.0 Å². The van der Waals surface area contributed by atoms with Gasteiger partial charge in [-0.05, 0) is 56.5 Å². The highest BCUT2D eigenvalue weighted by molar-refractivity contribution is 6.33. The average molecular weight is 466 g/mol. The van der Waals surface area contributed by atoms with Crippen molar-refractivity contribution >= 4 is 39.4 Å². The van der Waals surface area contributed by atoms with Gasteiger partial charge in [0.15, 0.2) is 12.0 Å². The minimum absolute atomic E-state index is 0.138. The maximum absolute atomic E-state index is 6.52. The average Bonchev–Trinajstić information content (AvgIpc) is 3.43. The fourth-order valence-corrected chi connectivity index (χ4v) is 5.09. The number of pyridine rings is 1. The lowest BCUT2D eigenvalue weighted by atomic mass is 10.0. The van der Waals surface area contributed by atoms with E-state index in [1.807, 2.05) is 42.8 Å². The quantitative estimate of drug-likeness (QED) is 0.449. The molecule has 0 spiro atoms. The molecule has 9 heteroatoms. The van der Waals surface area contributed by atoms with Crippen molar-refractivity contribution < 1.29 is 14.2 Å². The van der Waals surface area contributed by atoms with Crippen LogP contribution in [0.25, 0.3) is 21.9 Å². The summed E-state index contributed by atoms with van der Waals surface area (Å²) in [6.45, 7) is 3.87. The van der Waals surface area contributed by atoms with E-state index in [0.717, 1.165) is 29.1 Å². The highest BCUT2D eigenvalue weighted by Crippen LogP contribution is 2.45. The number of nitrogen functional groups attached to an aromatic ring is 1. The van der Waals surface area contributed by atoms with Gasteiger partial charge in [0.2, 0.25) is 0 Å². The summed E-state index contributed by atoms with van der Waals surface area (Å²) in [5, 5.41) is 2.27. The molecule has 8 nitrogen and oxygen atoms in total. The molecule has 6 rings (SSSR count). The summed E-state index contributed by atoms with van der Waals surface area (Å²) in [6, 6.07) is 12.0. The molecule has 0 amide bonds. The van der Waals surface area contributed by atoms with E-state index in [4.69, 9.17) is 31.5 Å². The lowest BCUT2D eigenvalue weighted by Gasteiger charge is -2.25. The number of halogens is 1. The molecule has 2 saturated heterocycles. The lowest BCUT2D eigenvalue weighted by Crippen LogP contribution is -2.29. The topological polar surface area (TPSA) is 97.3 Å². The van der Waals surface area contributed by atoms with E-state index in [9.17, 15) is 0 Å². The van der Waals surface area contributed by atoms with E-state index < -0.39 is 5.79 Å². The first-order valence-electron chi connectivity index (χ1n) is 11.0. The molecule has 2 aliphatic rings. The third kappa shape index (κ3) is 3.63. The number of nitrogens with two attached hydrogens (primary N) is 1. The second-order valence-electron chi connectivity index (χ2n) is 9.06. The third-order valence-electron chi connectivity index (χ3n) is 6.36. The summed E-state index contributed by atoms with van der Waals surface area (Å²) in [5.41, 5.74) is 8.64. The van der Waals surface area contributed by atoms with E-state index >= 15 is 0 Å². The maximum atomic E-state index is 6.52. The minimum atomic E-state index is -0.685. The van der Waals surface area contributed by atoms with Gasteiger partial charge in [-0.3, -0.25) is 0 Å². The molecule has 0 radical (unpaired) electrons. The molecule has 5 heterocycles. The fraction of sp³-hybridized carbons (Fsp3) is 0.375. The predicted molar refractivity (Wildman–Crippen MR) is 125 cm³/mol. The molecular formula is C24H24ClN5O3. The van der Waals surface area contributed by atoms with Gasteiger partial charge in [0.05, 0.1) is 17.0 Å². The Morgan fingerprint density at radius 2 is 1.91 bits per heavy atom. The summed E-state index contributed by atoms with van der Waals surface area (Å²) in [6.07, 6.45) is 4.02. The number of aryl methyl sites for hydroxylation is 1. The van der Waals surface area contributed by atoms with Crippen LogP contribution in [0.2, 0.25) is 5.15 Å². The molecule has 4 atom stereocenters. The van der Waals surface area contributed by atoms with E-state index in [1.165, 1.54) is 11.9 Å². The molecule has 170 valence electrons. The largest absolute Gasteiger partial charge is 0.384 e. The van der Waals surface area contributed by atoms with E-state index in [0.29, 0.717) is 16.6 Å². The van der Waals surface area contributed by atoms with Gasteiger partial charge in [0.1, 0.15) is 35.2 Å². The molecular weight excluding hydrogens is 442 g/mol. The highest BCUT2D eigenvalue weighted by atomic mass is 35.5. The molecule has 3 aromatic heterocycles. The molecule has 0 unspecified atom stereocenters. The lowest BCUT2D eigenvalue weighted by molar-refractivity contribution is -0.196. The summed E-state index contributed by atoms with van der Waals surface area (Å²) >= 11 is 6.26. The van der Waals surface area contributed by atoms with Gasteiger partial charge in [-0.1, -0.05) is 23.7 Å². The standard InChI is InChI=1S/C24H24ClN5O3/c1-24(2)32-19-17(7-4-13-3-5-14-6-8-18(26)29-16(14)11-13)31-23(20(19)33-24)30-10-9-15-21(25)27-12-28-22(15)30/h3,5-6,8-12,17,19-20,23H,4,7H2,1-2H3,(H2,26,29)/t17-,19-,20-,23-/m1/s1. The molecule has 2 N–H and O–H groups in total. The third-order valence-corrected chi connectivity index (χ3v) is 6.66. The number of anilines is 1. The number of ether oxygens (including phenoxy) is 3. The Labute approximate surface area is 195 Å². The van der Waals surface area contributed by atoms with Gasteiger partial charge in [0, 0.05) is 11.6 Å². The van der Waals surface area contributed by atoms with Crippen molar-refractivity contribution in [1.82, 2.24) is 19.5 Å². The highest BCUT2D eigenvalue weighted by Gasteiger charge is 2.55. The molecule has 2 fully saturated rings. The number of hydrogen-bond acceptors (Lipinski definition) is 7. The zero-order valence-electron chi connectivity index (χ0n) is 18.3. The van der Waals surface area contributed by atoms with Crippen LogP contribution in [0.15, 0.2) is 48.9 Å². The minimum Gasteiger partial charge on any atom is -0.384 e. The molecule has 4 aromatic rings. The van der Waals surface area contributed by atoms with Gasteiger partial charge in [0.25, 0.3) is 0 Å². The van der Waals surface area contributed by atoms with Gasteiger partial charge >= 0.3 is 0 Å². The second kappa shape index (κ2) is 7.63. The van der Waals surface area contributed by atoms with Crippen LogP contribution in [0, 0.1) is 0 Å². The molecule has 33 heavy (non-hydrogen) atoms. The molecule has 0 saturated carbocycles. The van der Waals surface area contributed by atoms with Crippen LogP contribution < -0.4 is 5.73 Å². The molecule has 0 aliphatic carbocycles. The van der Waals surface area contributed by atoms with Crippen molar-refractivity contribution in [2.24, 2.45) is 0 Å². The van der Waals surface area contributed by atoms with E-state index in [2.05, 4.69) is 33.2 Å². The predicted octanol–water partition coefficient (Wildman–Crippen LogP) is 4.27. The SMILES string of the molecule is CC1(C)O[C@@H]2[C@H](O1)[C@@H](CCc1ccc3ccc(N)nc3c1)O[C@H]2n1ccc2c(Cl)ncnc21. The first-order valence-corrected chi connectivity index (χ1v) is 11.4. The number of hydrogen-bond donors (Lipinski definition) is 1. The Morgan fingerprint density at radius 3 is 2.79 bits per heavy atom. The first-order chi connectivity index (χ1) is 15.9. The summed E-state index contributed by atoms with van der Waals surface area (Å²) in [4.78, 5) is 12.9. The summed E-state index contributed by atoms with van der Waals surface area (Å²) in [5.74, 6) is -0.165. The van der Waals surface area contributed by atoms with Crippen molar-refractivity contribution in [3.8, 4) is 0 Å². The normalized spacial score (nSPS) is 26.3. The second-order valence-corrected chi connectivity index (χ2v) is 9.41. The molecule has 1 aromatic carbocycles. The number of fused-ring (bicyclic) bond motifs is 3. The Kier molecular flexibility index (Phi) is 4.81. The smallest absolute Gasteiger partial charge is 0.164 e. The van der Waals surface area contributed by atoms with Crippen LogP contribution in [0.1, 0.15) is 32.1 Å². The molecule has 2 aliphatic heterocycles. The van der Waals surface area contributed by atoms with Gasteiger partial charge in [-0.15, -0.1) is 0 Å². The van der Waals surface area contributed by atoms with Crippen molar-refractivity contribution in [3.05, 3.63) is 59.6 Å². The summed E-state index contributed by atoms with van der Waals surface area (Å²) < 4.78 is 21.0. The Bertz CT molecular complexity index is 1360. The number of benzene rings is 1. The van der Waals surface area contributed by atoms with Crippen LogP contribution in [-0.2, 0) is 20.6 Å². The molecule has 0 bridgehead atoms. The zero-order valence-corrected chi connectivity index (χ0v) is 19.1. The Morgan fingerprint density at radius 1 is 1.09 bits per heavy atom. The van der Waals surface area contributed by atoms with Crippen LogP contribution in [0.3, 0.4) is 0 Å². The Balaban J connectivity index is 1.27. The monoisotopic (exact) mass is 465 g/mol. The number of nitrogens with zero attached hydrogens (tertiary/aromatic N) is 4. The fourth-order valence-electron chi connectivity index (χ4n) is 4.90. The number of rotatable bonds is 4. The van der Waals surface area contributed by atoms with Crippen molar-refractivity contribution in [3.63, 3.8) is 0 Å².